The summed E-state index contributed by atoms with van der Waals surface area (Å²) >= 11 is 6.02. The Hall–Kier alpha value is -2.37. The highest BCUT2D eigenvalue weighted by molar-refractivity contribution is 6.30. The number of aryl methyl sites for hydroxylation is 1. The minimum atomic E-state index is -0.0312. The molecule has 5 nitrogen and oxygen atoms in total. The quantitative estimate of drug-likeness (QED) is 0.759. The van der Waals surface area contributed by atoms with Crippen molar-refractivity contribution in [3.63, 3.8) is 0 Å². The third-order valence-corrected chi connectivity index (χ3v) is 5.82. The summed E-state index contributed by atoms with van der Waals surface area (Å²) in [5, 5.41) is 3.65. The van der Waals surface area contributed by atoms with Gasteiger partial charge in [0, 0.05) is 36.8 Å². The van der Waals surface area contributed by atoms with Gasteiger partial charge in [0.2, 0.25) is 5.91 Å². The van der Waals surface area contributed by atoms with Gasteiger partial charge in [0.25, 0.3) is 5.91 Å². The van der Waals surface area contributed by atoms with Crippen LogP contribution in [0.1, 0.15) is 47.8 Å². The van der Waals surface area contributed by atoms with E-state index in [-0.39, 0.29) is 17.9 Å². The van der Waals surface area contributed by atoms with Gasteiger partial charge < -0.3 is 10.2 Å². The van der Waals surface area contributed by atoms with Crippen molar-refractivity contribution in [2.24, 2.45) is 0 Å². The Bertz CT molecular complexity index is 869. The van der Waals surface area contributed by atoms with Crippen LogP contribution in [0.5, 0.6) is 0 Å². The highest BCUT2D eigenvalue weighted by atomic mass is 35.5. The molecular weight excluding hydrogens is 398 g/mol. The van der Waals surface area contributed by atoms with Gasteiger partial charge in [-0.25, -0.2) is 0 Å². The molecule has 0 aromatic heterocycles. The zero-order valence-corrected chi connectivity index (χ0v) is 18.5. The molecule has 0 bridgehead atoms. The van der Waals surface area contributed by atoms with Gasteiger partial charge in [-0.05, 0) is 49.1 Å². The first-order chi connectivity index (χ1) is 14.5. The molecule has 2 aromatic carbocycles. The number of carbonyl (C=O) groups excluding carboxylic acids is 2. The lowest BCUT2D eigenvalue weighted by atomic mass is 10.1. The molecule has 30 heavy (non-hydrogen) atoms. The van der Waals surface area contributed by atoms with Crippen LogP contribution in [0.3, 0.4) is 0 Å². The van der Waals surface area contributed by atoms with Gasteiger partial charge in [0.05, 0.1) is 12.6 Å². The van der Waals surface area contributed by atoms with E-state index in [1.165, 1.54) is 5.56 Å². The minimum Gasteiger partial charge on any atom is -0.348 e. The molecule has 2 aromatic rings. The van der Waals surface area contributed by atoms with Crippen molar-refractivity contribution >= 4 is 23.4 Å². The molecule has 1 aliphatic rings. The van der Waals surface area contributed by atoms with Gasteiger partial charge >= 0.3 is 0 Å². The summed E-state index contributed by atoms with van der Waals surface area (Å²) < 4.78 is 0. The normalized spacial score (nSPS) is 16.0. The fourth-order valence-corrected chi connectivity index (χ4v) is 3.94. The molecule has 0 radical (unpaired) electrons. The van der Waals surface area contributed by atoms with Crippen LogP contribution in [0.2, 0.25) is 5.02 Å². The molecule has 1 N–H and O–H groups in total. The monoisotopic (exact) mass is 427 g/mol. The maximum Gasteiger partial charge on any atom is 0.253 e. The molecular formula is C24H30ClN3O2. The number of benzene rings is 2. The van der Waals surface area contributed by atoms with Crippen LogP contribution in [0, 0.1) is 0 Å². The third-order valence-electron chi connectivity index (χ3n) is 5.58. The molecule has 1 aliphatic heterocycles. The van der Waals surface area contributed by atoms with Crippen molar-refractivity contribution < 1.29 is 9.59 Å². The van der Waals surface area contributed by atoms with Crippen LogP contribution in [0.25, 0.3) is 0 Å². The molecule has 0 saturated carbocycles. The largest absolute Gasteiger partial charge is 0.348 e. The number of nitrogens with one attached hydrogen (secondary N) is 1. The molecule has 1 fully saturated rings. The van der Waals surface area contributed by atoms with Crippen molar-refractivity contribution in [2.75, 3.05) is 32.7 Å². The zero-order chi connectivity index (χ0) is 21.5. The first-order valence-corrected chi connectivity index (χ1v) is 11.0. The first kappa shape index (κ1) is 22.3. The summed E-state index contributed by atoms with van der Waals surface area (Å²) in [6.45, 7) is 7.25. The maximum absolute atomic E-state index is 12.8. The summed E-state index contributed by atoms with van der Waals surface area (Å²) in [5.41, 5.74) is 3.00. The fourth-order valence-electron chi connectivity index (χ4n) is 3.75. The van der Waals surface area contributed by atoms with Gasteiger partial charge in [0.1, 0.15) is 0 Å². The van der Waals surface area contributed by atoms with E-state index in [2.05, 4.69) is 41.4 Å². The highest BCUT2D eigenvalue weighted by Crippen LogP contribution is 2.15. The molecule has 2 amide bonds. The predicted octanol–water partition coefficient (Wildman–Crippen LogP) is 3.93. The smallest absolute Gasteiger partial charge is 0.253 e. The van der Waals surface area contributed by atoms with Crippen molar-refractivity contribution in [2.45, 2.75) is 32.7 Å². The average molecular weight is 428 g/mol. The van der Waals surface area contributed by atoms with Crippen LogP contribution < -0.4 is 5.32 Å². The standard InChI is InChI=1S/C24H30ClN3O2/c1-3-19-8-10-20(11-9-19)18(2)26-23(29)17-27-12-5-13-28(15-14-27)24(30)21-6-4-7-22(25)16-21/h4,6-11,16,18H,3,5,12-15,17H2,1-2H3,(H,26,29). The van der Waals surface area contributed by atoms with E-state index in [9.17, 15) is 9.59 Å². The number of hydrogen-bond donors (Lipinski definition) is 1. The topological polar surface area (TPSA) is 52.7 Å². The van der Waals surface area contributed by atoms with Crippen molar-refractivity contribution in [3.8, 4) is 0 Å². The number of amides is 2. The molecule has 1 unspecified atom stereocenters. The van der Waals surface area contributed by atoms with Crippen LogP contribution >= 0.6 is 11.6 Å². The molecule has 160 valence electrons. The number of rotatable bonds is 6. The Morgan fingerprint density at radius 2 is 1.83 bits per heavy atom. The predicted molar refractivity (Wildman–Crippen MR) is 121 cm³/mol. The second-order valence-electron chi connectivity index (χ2n) is 7.82. The molecule has 1 atom stereocenters. The second-order valence-corrected chi connectivity index (χ2v) is 8.25. The van der Waals surface area contributed by atoms with Gasteiger partial charge in [0.15, 0.2) is 0 Å². The van der Waals surface area contributed by atoms with Crippen molar-refractivity contribution in [1.29, 1.82) is 0 Å². The molecule has 3 rings (SSSR count). The van der Waals surface area contributed by atoms with Crippen LogP contribution in [0.4, 0.5) is 0 Å². The lowest BCUT2D eigenvalue weighted by molar-refractivity contribution is -0.122. The summed E-state index contributed by atoms with van der Waals surface area (Å²) in [5.74, 6) is 0.00429. The lowest BCUT2D eigenvalue weighted by Gasteiger charge is -2.23. The van der Waals surface area contributed by atoms with E-state index < -0.39 is 0 Å². The van der Waals surface area contributed by atoms with E-state index in [0.717, 1.165) is 24.9 Å². The van der Waals surface area contributed by atoms with Crippen LogP contribution in [0.15, 0.2) is 48.5 Å². The van der Waals surface area contributed by atoms with E-state index in [1.807, 2.05) is 11.8 Å². The highest BCUT2D eigenvalue weighted by Gasteiger charge is 2.22. The van der Waals surface area contributed by atoms with Gasteiger partial charge in [-0.15, -0.1) is 0 Å². The zero-order valence-electron chi connectivity index (χ0n) is 17.7. The number of halogens is 1. The van der Waals surface area contributed by atoms with Gasteiger partial charge in [-0.1, -0.05) is 48.9 Å². The minimum absolute atomic E-state index is 0.00653. The molecule has 1 saturated heterocycles. The Morgan fingerprint density at radius 1 is 1.07 bits per heavy atom. The van der Waals surface area contributed by atoms with E-state index in [0.29, 0.717) is 36.8 Å². The SMILES string of the molecule is CCc1ccc(C(C)NC(=O)CN2CCCN(C(=O)c3cccc(Cl)c3)CC2)cc1. The van der Waals surface area contributed by atoms with Crippen molar-refractivity contribution in [3.05, 3.63) is 70.2 Å². The van der Waals surface area contributed by atoms with Crippen molar-refractivity contribution in [1.82, 2.24) is 15.1 Å². The third kappa shape index (κ3) is 6.07. The molecule has 0 aliphatic carbocycles. The Kier molecular flexibility index (Phi) is 7.88. The second kappa shape index (κ2) is 10.6. The molecule has 6 heteroatoms. The van der Waals surface area contributed by atoms with Gasteiger partial charge in [-0.2, -0.15) is 0 Å². The lowest BCUT2D eigenvalue weighted by Crippen LogP contribution is -2.40. The van der Waals surface area contributed by atoms with Crippen LogP contribution in [-0.4, -0.2) is 54.3 Å². The Morgan fingerprint density at radius 3 is 2.53 bits per heavy atom. The summed E-state index contributed by atoms with van der Waals surface area (Å²) in [6.07, 6.45) is 1.85. The van der Waals surface area contributed by atoms with Gasteiger partial charge in [-0.3, -0.25) is 14.5 Å². The van der Waals surface area contributed by atoms with E-state index >= 15 is 0 Å². The first-order valence-electron chi connectivity index (χ1n) is 10.6. The maximum atomic E-state index is 12.8. The number of carbonyl (C=O) groups is 2. The van der Waals surface area contributed by atoms with Crippen LogP contribution in [-0.2, 0) is 11.2 Å². The number of hydrogen-bond acceptors (Lipinski definition) is 3. The van der Waals surface area contributed by atoms with E-state index in [1.54, 1.807) is 24.3 Å². The Balaban J connectivity index is 1.50. The summed E-state index contributed by atoms with van der Waals surface area (Å²) in [4.78, 5) is 29.3. The summed E-state index contributed by atoms with van der Waals surface area (Å²) in [7, 11) is 0. The molecule has 0 spiro atoms. The average Bonchev–Trinajstić information content (AvgIpc) is 2.98. The number of nitrogens with zero attached hydrogens (tertiary/aromatic N) is 2. The summed E-state index contributed by atoms with van der Waals surface area (Å²) in [6, 6.07) is 15.4. The Labute approximate surface area is 184 Å². The fraction of sp³-hybridized carbons (Fsp3) is 0.417. The molecule has 1 heterocycles. The van der Waals surface area contributed by atoms with E-state index in [4.69, 9.17) is 11.6 Å².